The van der Waals surface area contributed by atoms with E-state index in [0.717, 1.165) is 18.4 Å². The van der Waals surface area contributed by atoms with Gasteiger partial charge in [0.15, 0.2) is 0 Å². The topological polar surface area (TPSA) is 63.7 Å². The molecule has 0 radical (unpaired) electrons. The molecule has 27 heavy (non-hydrogen) atoms. The average Bonchev–Trinajstić information content (AvgIpc) is 2.76. The average molecular weight is 394 g/mol. The number of methoxy groups -OCH3 is 1. The molecule has 150 valence electrons. The lowest BCUT2D eigenvalue weighted by atomic mass is 9.60. The first-order valence-corrected chi connectivity index (χ1v) is 11.1. The van der Waals surface area contributed by atoms with Gasteiger partial charge < -0.3 is 4.74 Å². The van der Waals surface area contributed by atoms with Crippen LogP contribution in [0.3, 0.4) is 0 Å². The molecule has 1 heterocycles. The summed E-state index contributed by atoms with van der Waals surface area (Å²) >= 11 is 0. The van der Waals surface area contributed by atoms with E-state index in [9.17, 15) is 13.2 Å². The molecule has 2 fully saturated rings. The molecule has 0 spiro atoms. The normalized spacial score (nSPS) is 30.3. The molecule has 2 aliphatic rings. The Bertz CT molecular complexity index is 815. The van der Waals surface area contributed by atoms with Gasteiger partial charge in [0, 0.05) is 19.0 Å². The Labute approximate surface area is 163 Å². The lowest BCUT2D eigenvalue weighted by Crippen LogP contribution is -2.42. The first kappa shape index (κ1) is 20.3. The number of sulfonamides is 1. The monoisotopic (exact) mass is 393 g/mol. The molecule has 1 saturated carbocycles. The van der Waals surface area contributed by atoms with E-state index in [1.807, 2.05) is 0 Å². The number of rotatable bonds is 5. The van der Waals surface area contributed by atoms with Crippen molar-refractivity contribution in [2.75, 3.05) is 13.7 Å². The lowest BCUT2D eigenvalue weighted by molar-refractivity contribution is -0.140. The van der Waals surface area contributed by atoms with Crippen LogP contribution in [0.15, 0.2) is 29.2 Å². The van der Waals surface area contributed by atoms with E-state index in [4.69, 9.17) is 0 Å². The summed E-state index contributed by atoms with van der Waals surface area (Å²) in [6.45, 7) is 9.52. The molecule has 3 rings (SSSR count). The van der Waals surface area contributed by atoms with Crippen molar-refractivity contribution in [3.8, 4) is 0 Å². The largest absolute Gasteiger partial charge is 0.469 e. The summed E-state index contributed by atoms with van der Waals surface area (Å²) in [6, 6.07) is 6.99. The van der Waals surface area contributed by atoms with Crippen molar-refractivity contribution in [1.29, 1.82) is 0 Å². The molecule has 1 aliphatic carbocycles. The zero-order chi connectivity index (χ0) is 20.0. The fourth-order valence-electron chi connectivity index (χ4n) is 5.13. The Morgan fingerprint density at radius 3 is 2.44 bits per heavy atom. The number of hydrogen-bond acceptors (Lipinski definition) is 4. The number of nitrogens with zero attached hydrogens (tertiary/aromatic N) is 1. The third-order valence-electron chi connectivity index (χ3n) is 6.58. The van der Waals surface area contributed by atoms with Crippen LogP contribution in [0.25, 0.3) is 0 Å². The molecule has 6 heteroatoms. The van der Waals surface area contributed by atoms with Gasteiger partial charge in [-0.05, 0) is 53.7 Å². The highest BCUT2D eigenvalue weighted by Gasteiger charge is 2.57. The van der Waals surface area contributed by atoms with Gasteiger partial charge in [0.25, 0.3) is 0 Å². The van der Waals surface area contributed by atoms with E-state index in [-0.39, 0.29) is 22.8 Å². The Morgan fingerprint density at radius 1 is 1.22 bits per heavy atom. The van der Waals surface area contributed by atoms with E-state index in [1.54, 1.807) is 28.6 Å². The summed E-state index contributed by atoms with van der Waals surface area (Å²) < 4.78 is 33.1. The second-order valence-electron chi connectivity index (χ2n) is 9.33. The third kappa shape index (κ3) is 3.79. The van der Waals surface area contributed by atoms with Gasteiger partial charge >= 0.3 is 5.97 Å². The minimum Gasteiger partial charge on any atom is -0.469 e. The maximum atomic E-state index is 13.4. The highest BCUT2D eigenvalue weighted by molar-refractivity contribution is 7.89. The molecule has 0 N–H and O–H groups in total. The number of aryl methyl sites for hydroxylation is 1. The summed E-state index contributed by atoms with van der Waals surface area (Å²) in [4.78, 5) is 11.6. The number of benzene rings is 1. The molecule has 0 aromatic heterocycles. The molecule has 2 unspecified atom stereocenters. The van der Waals surface area contributed by atoms with Gasteiger partial charge in [-0.25, -0.2) is 8.42 Å². The molecule has 0 amide bonds. The summed E-state index contributed by atoms with van der Waals surface area (Å²) in [5.74, 6) is 0.0977. The summed E-state index contributed by atoms with van der Waals surface area (Å²) in [7, 11) is -2.16. The van der Waals surface area contributed by atoms with Gasteiger partial charge in [0.2, 0.25) is 10.0 Å². The van der Waals surface area contributed by atoms with Crippen LogP contribution in [0, 0.1) is 16.7 Å². The summed E-state index contributed by atoms with van der Waals surface area (Å²) in [5, 5.41) is 0. The summed E-state index contributed by atoms with van der Waals surface area (Å²) in [5.41, 5.74) is 1.12. The number of carbonyl (C=O) groups is 1. The van der Waals surface area contributed by atoms with Crippen LogP contribution < -0.4 is 0 Å². The molecule has 1 aromatic carbocycles. The maximum absolute atomic E-state index is 13.4. The van der Waals surface area contributed by atoms with Crippen molar-refractivity contribution in [2.24, 2.45) is 16.7 Å². The molecular weight excluding hydrogens is 362 g/mol. The number of ether oxygens (including phenoxy) is 1. The standard InChI is InChI=1S/C21H31NO4S/c1-15-18-12-20(2,3)13-21(15,4)14-22(18)27(24,25)17-9-6-16(7-10-17)8-11-19(23)26-5/h6-7,9-10,15,18H,8,11-14H2,1-5H3/t15-,18?,21?/m0/s1. The molecule has 1 saturated heterocycles. The Hall–Kier alpha value is -1.40. The first-order valence-electron chi connectivity index (χ1n) is 9.66. The Morgan fingerprint density at radius 2 is 1.85 bits per heavy atom. The van der Waals surface area contributed by atoms with Crippen molar-refractivity contribution in [3.63, 3.8) is 0 Å². The van der Waals surface area contributed by atoms with E-state index in [0.29, 0.717) is 30.2 Å². The zero-order valence-corrected chi connectivity index (χ0v) is 17.8. The number of carbonyl (C=O) groups excluding carboxylic acids is 1. The fraction of sp³-hybridized carbons (Fsp3) is 0.667. The van der Waals surface area contributed by atoms with E-state index < -0.39 is 10.0 Å². The third-order valence-corrected chi connectivity index (χ3v) is 8.47. The summed E-state index contributed by atoms with van der Waals surface area (Å²) in [6.07, 6.45) is 2.79. The van der Waals surface area contributed by atoms with Gasteiger partial charge in [-0.2, -0.15) is 4.31 Å². The van der Waals surface area contributed by atoms with Crippen LogP contribution in [-0.4, -0.2) is 38.4 Å². The van der Waals surface area contributed by atoms with Crippen LogP contribution in [0.5, 0.6) is 0 Å². The number of fused-ring (bicyclic) bond motifs is 2. The minimum absolute atomic E-state index is 0.0277. The molecule has 1 aromatic rings. The van der Waals surface area contributed by atoms with Crippen molar-refractivity contribution < 1.29 is 17.9 Å². The fourth-order valence-corrected chi connectivity index (χ4v) is 6.96. The number of hydrogen-bond donors (Lipinski definition) is 0. The van der Waals surface area contributed by atoms with Gasteiger partial charge in [-0.15, -0.1) is 0 Å². The predicted molar refractivity (Wildman–Crippen MR) is 105 cm³/mol. The molecule has 3 atom stereocenters. The molecule has 2 bridgehead atoms. The first-order chi connectivity index (χ1) is 12.5. The quantitative estimate of drug-likeness (QED) is 0.717. The van der Waals surface area contributed by atoms with Crippen LogP contribution in [0.2, 0.25) is 0 Å². The lowest BCUT2D eigenvalue weighted by Gasteiger charge is -2.44. The van der Waals surface area contributed by atoms with Crippen LogP contribution in [-0.2, 0) is 26.0 Å². The van der Waals surface area contributed by atoms with Crippen LogP contribution >= 0.6 is 0 Å². The van der Waals surface area contributed by atoms with E-state index in [1.165, 1.54) is 7.11 Å². The molecular formula is C21H31NO4S. The zero-order valence-electron chi connectivity index (χ0n) is 17.0. The van der Waals surface area contributed by atoms with Gasteiger partial charge in [0.05, 0.1) is 12.0 Å². The second kappa shape index (κ2) is 6.89. The van der Waals surface area contributed by atoms with Gasteiger partial charge in [0.1, 0.15) is 0 Å². The van der Waals surface area contributed by atoms with E-state index >= 15 is 0 Å². The van der Waals surface area contributed by atoms with E-state index in [2.05, 4.69) is 32.4 Å². The highest BCUT2D eigenvalue weighted by Crippen LogP contribution is 2.56. The van der Waals surface area contributed by atoms with Crippen molar-refractivity contribution in [2.45, 2.75) is 64.3 Å². The highest BCUT2D eigenvalue weighted by atomic mass is 32.2. The van der Waals surface area contributed by atoms with Crippen molar-refractivity contribution in [1.82, 2.24) is 4.31 Å². The second-order valence-corrected chi connectivity index (χ2v) is 11.2. The SMILES string of the molecule is COC(=O)CCc1ccc(S(=O)(=O)N2CC3(C)CC(C)(C)CC2[C@@H]3C)cc1. The Balaban J connectivity index is 1.82. The predicted octanol–water partition coefficient (Wildman–Crippen LogP) is 3.63. The Kier molecular flexibility index (Phi) is 5.19. The smallest absolute Gasteiger partial charge is 0.305 e. The molecule has 5 nitrogen and oxygen atoms in total. The van der Waals surface area contributed by atoms with Crippen molar-refractivity contribution >= 4 is 16.0 Å². The van der Waals surface area contributed by atoms with Gasteiger partial charge in [-0.3, -0.25) is 4.79 Å². The maximum Gasteiger partial charge on any atom is 0.305 e. The molecule has 1 aliphatic heterocycles. The van der Waals surface area contributed by atoms with Crippen LogP contribution in [0.4, 0.5) is 0 Å². The van der Waals surface area contributed by atoms with Gasteiger partial charge in [-0.1, -0.05) is 39.8 Å². The van der Waals surface area contributed by atoms with Crippen LogP contribution in [0.1, 0.15) is 52.5 Å². The van der Waals surface area contributed by atoms with Crippen molar-refractivity contribution in [3.05, 3.63) is 29.8 Å². The number of esters is 1. The minimum atomic E-state index is -3.53.